The van der Waals surface area contributed by atoms with E-state index in [0.717, 1.165) is 0 Å². The van der Waals surface area contributed by atoms with E-state index < -0.39 is 24.5 Å². The Balaban J connectivity index is 4.01. The molecule has 2 nitrogen and oxygen atoms in total. The summed E-state index contributed by atoms with van der Waals surface area (Å²) in [6, 6.07) is 0. The molecule has 0 bridgehead atoms. The van der Waals surface area contributed by atoms with Gasteiger partial charge in [-0.3, -0.25) is 4.79 Å². The van der Waals surface area contributed by atoms with Gasteiger partial charge in [0.25, 0.3) is 0 Å². The summed E-state index contributed by atoms with van der Waals surface area (Å²) < 4.78 is 35.4. The summed E-state index contributed by atoms with van der Waals surface area (Å²) in [5.41, 5.74) is -0.0605. The summed E-state index contributed by atoms with van der Waals surface area (Å²) in [5.74, 6) is -0.936. The molecule has 0 aromatic rings. The van der Waals surface area contributed by atoms with E-state index in [1.54, 1.807) is 6.92 Å². The van der Waals surface area contributed by atoms with Crippen LogP contribution in [0.15, 0.2) is 0 Å². The molecule has 15 heavy (non-hydrogen) atoms. The van der Waals surface area contributed by atoms with Crippen molar-refractivity contribution in [2.75, 3.05) is 6.54 Å². The Hall–Kier alpha value is -0.740. The summed E-state index contributed by atoms with van der Waals surface area (Å²) in [4.78, 5) is 11.3. The molecule has 90 valence electrons. The molecule has 0 fully saturated rings. The first-order valence-electron chi connectivity index (χ1n) is 4.86. The highest BCUT2D eigenvalue weighted by Crippen LogP contribution is 2.24. The zero-order chi connectivity index (χ0) is 12.3. The number of carbonyl (C=O) groups is 1. The van der Waals surface area contributed by atoms with Crippen LogP contribution in [0.3, 0.4) is 0 Å². The molecule has 0 aliphatic carbocycles. The van der Waals surface area contributed by atoms with E-state index >= 15 is 0 Å². The van der Waals surface area contributed by atoms with Crippen molar-refractivity contribution in [3.05, 3.63) is 0 Å². The molecule has 0 aromatic heterocycles. The second-order valence-electron chi connectivity index (χ2n) is 5.00. The van der Waals surface area contributed by atoms with Crippen LogP contribution >= 0.6 is 0 Å². The lowest BCUT2D eigenvalue weighted by Crippen LogP contribution is -2.37. The van der Waals surface area contributed by atoms with E-state index in [-0.39, 0.29) is 5.41 Å². The van der Waals surface area contributed by atoms with Gasteiger partial charge in [0.2, 0.25) is 5.91 Å². The number of amides is 1. The molecule has 1 atom stereocenters. The number of hydrogen-bond donors (Lipinski definition) is 1. The standard InChI is InChI=1S/C10H18F3NO/c1-7(5-9(2,3)4)8(15)14-6-10(11,12)13/h7H,5-6H2,1-4H3,(H,14,15). The number of alkyl halides is 3. The predicted molar refractivity (Wildman–Crippen MR) is 52.3 cm³/mol. The highest BCUT2D eigenvalue weighted by atomic mass is 19.4. The van der Waals surface area contributed by atoms with Gasteiger partial charge in [-0.2, -0.15) is 13.2 Å². The molecule has 0 radical (unpaired) electrons. The van der Waals surface area contributed by atoms with E-state index in [9.17, 15) is 18.0 Å². The number of carbonyl (C=O) groups excluding carboxylic acids is 1. The maximum atomic E-state index is 11.8. The van der Waals surface area contributed by atoms with Gasteiger partial charge in [0, 0.05) is 5.92 Å². The minimum atomic E-state index is -4.34. The summed E-state index contributed by atoms with van der Waals surface area (Å²) in [5, 5.41) is 1.88. The second-order valence-corrected chi connectivity index (χ2v) is 5.00. The Kier molecular flexibility index (Phi) is 4.62. The van der Waals surface area contributed by atoms with Gasteiger partial charge in [-0.25, -0.2) is 0 Å². The first-order valence-corrected chi connectivity index (χ1v) is 4.86. The van der Waals surface area contributed by atoms with Crippen LogP contribution in [-0.2, 0) is 4.79 Å². The Morgan fingerprint density at radius 1 is 1.27 bits per heavy atom. The van der Waals surface area contributed by atoms with Crippen LogP contribution in [0.5, 0.6) is 0 Å². The number of halogens is 3. The fraction of sp³-hybridized carbons (Fsp3) is 0.900. The van der Waals surface area contributed by atoms with Crippen LogP contribution in [-0.4, -0.2) is 18.6 Å². The van der Waals surface area contributed by atoms with Crippen molar-refractivity contribution in [3.8, 4) is 0 Å². The lowest BCUT2D eigenvalue weighted by molar-refractivity contribution is -0.141. The second kappa shape index (κ2) is 4.86. The molecule has 1 amide bonds. The van der Waals surface area contributed by atoms with Crippen molar-refractivity contribution in [3.63, 3.8) is 0 Å². The molecule has 0 aliphatic heterocycles. The first kappa shape index (κ1) is 14.3. The third-order valence-corrected chi connectivity index (χ3v) is 1.83. The fourth-order valence-electron chi connectivity index (χ4n) is 1.37. The van der Waals surface area contributed by atoms with Gasteiger partial charge in [0.15, 0.2) is 0 Å². The van der Waals surface area contributed by atoms with Crippen molar-refractivity contribution in [1.29, 1.82) is 0 Å². The number of nitrogens with one attached hydrogen (secondary N) is 1. The zero-order valence-electron chi connectivity index (χ0n) is 9.53. The molecule has 0 saturated carbocycles. The molecule has 0 rings (SSSR count). The fourth-order valence-corrected chi connectivity index (χ4v) is 1.37. The minimum absolute atomic E-state index is 0.0605. The average Bonchev–Trinajstić information content (AvgIpc) is 1.95. The third kappa shape index (κ3) is 8.27. The quantitative estimate of drug-likeness (QED) is 0.786. The summed E-state index contributed by atoms with van der Waals surface area (Å²) >= 11 is 0. The van der Waals surface area contributed by atoms with E-state index in [1.165, 1.54) is 0 Å². The molecule has 1 N–H and O–H groups in total. The zero-order valence-corrected chi connectivity index (χ0v) is 9.53. The van der Waals surface area contributed by atoms with Gasteiger partial charge in [0.1, 0.15) is 6.54 Å². The molecule has 5 heteroatoms. The largest absolute Gasteiger partial charge is 0.405 e. The van der Waals surface area contributed by atoms with Gasteiger partial charge in [-0.05, 0) is 11.8 Å². The topological polar surface area (TPSA) is 29.1 Å². The van der Waals surface area contributed by atoms with Crippen molar-refractivity contribution in [2.45, 2.75) is 40.3 Å². The Morgan fingerprint density at radius 2 is 1.73 bits per heavy atom. The maximum Gasteiger partial charge on any atom is 0.405 e. The SMILES string of the molecule is CC(CC(C)(C)C)C(=O)NCC(F)(F)F. The number of rotatable bonds is 3. The molecule has 0 spiro atoms. The molecule has 0 saturated heterocycles. The smallest absolute Gasteiger partial charge is 0.347 e. The Labute approximate surface area is 88.2 Å². The molecule has 0 aliphatic rings. The number of hydrogen-bond acceptors (Lipinski definition) is 1. The monoisotopic (exact) mass is 225 g/mol. The first-order chi connectivity index (χ1) is 6.51. The minimum Gasteiger partial charge on any atom is -0.347 e. The van der Waals surface area contributed by atoms with Gasteiger partial charge in [-0.1, -0.05) is 27.7 Å². The molecular weight excluding hydrogens is 207 g/mol. The van der Waals surface area contributed by atoms with Crippen molar-refractivity contribution in [2.24, 2.45) is 11.3 Å². The van der Waals surface area contributed by atoms with Gasteiger partial charge in [-0.15, -0.1) is 0 Å². The molecule has 0 heterocycles. The Bertz CT molecular complexity index is 218. The van der Waals surface area contributed by atoms with Crippen LogP contribution < -0.4 is 5.32 Å². The van der Waals surface area contributed by atoms with Crippen molar-refractivity contribution < 1.29 is 18.0 Å². The van der Waals surface area contributed by atoms with Gasteiger partial charge < -0.3 is 5.32 Å². The van der Waals surface area contributed by atoms with Crippen LogP contribution in [0.4, 0.5) is 13.2 Å². The molecule has 0 aromatic carbocycles. The molecule has 1 unspecified atom stereocenters. The van der Waals surface area contributed by atoms with Gasteiger partial charge >= 0.3 is 6.18 Å². The van der Waals surface area contributed by atoms with E-state index in [4.69, 9.17) is 0 Å². The highest BCUT2D eigenvalue weighted by Gasteiger charge is 2.29. The Morgan fingerprint density at radius 3 is 2.07 bits per heavy atom. The summed E-state index contributed by atoms with van der Waals surface area (Å²) in [7, 11) is 0. The predicted octanol–water partition coefficient (Wildman–Crippen LogP) is 2.74. The van der Waals surface area contributed by atoms with Crippen LogP contribution in [0, 0.1) is 11.3 Å². The maximum absolute atomic E-state index is 11.8. The average molecular weight is 225 g/mol. The highest BCUT2D eigenvalue weighted by molar-refractivity contribution is 5.78. The summed E-state index contributed by atoms with van der Waals surface area (Å²) in [6.07, 6.45) is -3.77. The van der Waals surface area contributed by atoms with Crippen LogP contribution in [0.25, 0.3) is 0 Å². The van der Waals surface area contributed by atoms with Crippen LogP contribution in [0.1, 0.15) is 34.1 Å². The van der Waals surface area contributed by atoms with E-state index in [1.807, 2.05) is 26.1 Å². The molecular formula is C10H18F3NO. The van der Waals surface area contributed by atoms with Gasteiger partial charge in [0.05, 0.1) is 0 Å². The summed E-state index contributed by atoms with van der Waals surface area (Å²) in [6.45, 7) is 6.22. The third-order valence-electron chi connectivity index (χ3n) is 1.83. The van der Waals surface area contributed by atoms with E-state index in [2.05, 4.69) is 0 Å². The lowest BCUT2D eigenvalue weighted by atomic mass is 9.85. The lowest BCUT2D eigenvalue weighted by Gasteiger charge is -2.22. The van der Waals surface area contributed by atoms with Crippen LogP contribution in [0.2, 0.25) is 0 Å². The van der Waals surface area contributed by atoms with E-state index in [0.29, 0.717) is 6.42 Å². The normalized spacial score (nSPS) is 14.9. The van der Waals surface area contributed by atoms with Crippen molar-refractivity contribution >= 4 is 5.91 Å². The van der Waals surface area contributed by atoms with Crippen molar-refractivity contribution in [1.82, 2.24) is 5.32 Å².